The van der Waals surface area contributed by atoms with Crippen LogP contribution in [-0.4, -0.2) is 32.0 Å². The maximum atomic E-state index is 12.7. The van der Waals surface area contributed by atoms with Crippen molar-refractivity contribution >= 4 is 22.5 Å². The van der Waals surface area contributed by atoms with Crippen LogP contribution < -0.4 is 5.32 Å². The number of carbonyl (C=O) groups is 1. The van der Waals surface area contributed by atoms with E-state index in [-0.39, 0.29) is 5.91 Å². The van der Waals surface area contributed by atoms with Gasteiger partial charge in [-0.1, -0.05) is 17.7 Å². The Balaban J connectivity index is 1.53. The number of nitrogens with one attached hydrogen (secondary N) is 1. The van der Waals surface area contributed by atoms with Crippen LogP contribution in [0.2, 0.25) is 0 Å². The van der Waals surface area contributed by atoms with E-state index in [1.54, 1.807) is 0 Å². The molecule has 0 spiro atoms. The third-order valence-electron chi connectivity index (χ3n) is 4.36. The average Bonchev–Trinajstić information content (AvgIpc) is 3.04. The highest BCUT2D eigenvalue weighted by Gasteiger charge is 2.13. The smallest absolute Gasteiger partial charge is 0.252 e. The van der Waals surface area contributed by atoms with Crippen molar-refractivity contribution in [3.05, 3.63) is 71.3 Å². The number of amides is 1. The number of nitrogens with zero attached hydrogens (tertiary/aromatic N) is 4. The molecule has 3 aromatic heterocycles. The van der Waals surface area contributed by atoms with E-state index in [1.807, 2.05) is 66.9 Å². The summed E-state index contributed by atoms with van der Waals surface area (Å²) in [6.45, 7) is 4.40. The summed E-state index contributed by atoms with van der Waals surface area (Å²) in [5.41, 5.74) is 4.23. The van der Waals surface area contributed by atoms with E-state index in [0.29, 0.717) is 18.5 Å². The van der Waals surface area contributed by atoms with Crippen molar-refractivity contribution in [2.24, 2.45) is 0 Å². The minimum atomic E-state index is -0.0973. The molecule has 6 nitrogen and oxygen atoms in total. The van der Waals surface area contributed by atoms with Gasteiger partial charge in [0.05, 0.1) is 11.1 Å². The summed E-state index contributed by atoms with van der Waals surface area (Å²) in [4.78, 5) is 17.2. The lowest BCUT2D eigenvalue weighted by molar-refractivity contribution is 0.0955. The molecule has 0 aliphatic rings. The summed E-state index contributed by atoms with van der Waals surface area (Å²) in [5.74, 6) is 0.729. The van der Waals surface area contributed by atoms with Gasteiger partial charge < -0.3 is 5.32 Å². The van der Waals surface area contributed by atoms with Crippen molar-refractivity contribution in [1.29, 1.82) is 0 Å². The molecule has 0 aliphatic carbocycles. The first-order chi connectivity index (χ1) is 12.6. The van der Waals surface area contributed by atoms with Crippen LogP contribution in [0.15, 0.2) is 48.7 Å². The van der Waals surface area contributed by atoms with Gasteiger partial charge in [-0.2, -0.15) is 0 Å². The highest BCUT2D eigenvalue weighted by molar-refractivity contribution is 6.06. The standard InChI is InChI=1S/C20H19N5O/c1-13-6-7-17-15(11-13)16(12-14(2)22-17)20(26)21-9-8-19-24-23-18-5-3-4-10-25(18)19/h3-7,10-12H,8-9H2,1-2H3,(H,21,26). The predicted octanol–water partition coefficient (Wildman–Crippen LogP) is 2.87. The van der Waals surface area contributed by atoms with Crippen LogP contribution in [0, 0.1) is 13.8 Å². The number of rotatable bonds is 4. The third kappa shape index (κ3) is 3.01. The summed E-state index contributed by atoms with van der Waals surface area (Å²) in [6, 6.07) is 13.6. The second-order valence-electron chi connectivity index (χ2n) is 6.38. The predicted molar refractivity (Wildman–Crippen MR) is 100 cm³/mol. The first-order valence-corrected chi connectivity index (χ1v) is 8.57. The number of fused-ring (bicyclic) bond motifs is 2. The van der Waals surface area contributed by atoms with E-state index in [0.717, 1.165) is 33.6 Å². The molecular formula is C20H19N5O. The molecule has 0 radical (unpaired) electrons. The van der Waals surface area contributed by atoms with E-state index < -0.39 is 0 Å². The Morgan fingerprint density at radius 2 is 2.00 bits per heavy atom. The molecule has 3 heterocycles. The molecule has 1 amide bonds. The number of pyridine rings is 2. The topological polar surface area (TPSA) is 72.2 Å². The van der Waals surface area contributed by atoms with Crippen molar-refractivity contribution < 1.29 is 4.79 Å². The quantitative estimate of drug-likeness (QED) is 0.617. The molecule has 0 aliphatic heterocycles. The molecule has 0 atom stereocenters. The SMILES string of the molecule is Cc1ccc2nc(C)cc(C(=O)NCCc3nnc4ccccn34)c2c1. The zero-order valence-corrected chi connectivity index (χ0v) is 14.7. The Bertz CT molecular complexity index is 1120. The van der Waals surface area contributed by atoms with Crippen molar-refractivity contribution in [1.82, 2.24) is 24.9 Å². The molecule has 0 saturated carbocycles. The first kappa shape index (κ1) is 16.2. The highest BCUT2D eigenvalue weighted by Crippen LogP contribution is 2.20. The van der Waals surface area contributed by atoms with Crippen LogP contribution in [0.5, 0.6) is 0 Å². The summed E-state index contributed by atoms with van der Waals surface area (Å²) in [5, 5.41) is 12.2. The second-order valence-corrected chi connectivity index (χ2v) is 6.38. The van der Waals surface area contributed by atoms with Gasteiger partial charge in [0.2, 0.25) is 0 Å². The molecule has 4 rings (SSSR count). The Kier molecular flexibility index (Phi) is 4.08. The van der Waals surface area contributed by atoms with Crippen LogP contribution >= 0.6 is 0 Å². The van der Waals surface area contributed by atoms with Crippen LogP contribution in [0.25, 0.3) is 16.6 Å². The minimum absolute atomic E-state index is 0.0973. The second kappa shape index (κ2) is 6.55. The monoisotopic (exact) mass is 345 g/mol. The van der Waals surface area contributed by atoms with E-state index in [4.69, 9.17) is 0 Å². The molecule has 0 saturated heterocycles. The first-order valence-electron chi connectivity index (χ1n) is 8.57. The van der Waals surface area contributed by atoms with Gasteiger partial charge in [-0.3, -0.25) is 14.2 Å². The molecule has 4 aromatic rings. The summed E-state index contributed by atoms with van der Waals surface area (Å²) >= 11 is 0. The maximum Gasteiger partial charge on any atom is 0.252 e. The number of carbonyl (C=O) groups excluding carboxylic acids is 1. The van der Waals surface area contributed by atoms with E-state index in [9.17, 15) is 4.79 Å². The Hall–Kier alpha value is -3.28. The normalized spacial score (nSPS) is 11.2. The zero-order valence-electron chi connectivity index (χ0n) is 14.7. The average molecular weight is 345 g/mol. The van der Waals surface area contributed by atoms with E-state index in [1.165, 1.54) is 0 Å². The largest absolute Gasteiger partial charge is 0.352 e. The summed E-state index contributed by atoms with van der Waals surface area (Å²) < 4.78 is 1.93. The summed E-state index contributed by atoms with van der Waals surface area (Å²) in [7, 11) is 0. The molecule has 0 fully saturated rings. The summed E-state index contributed by atoms with van der Waals surface area (Å²) in [6.07, 6.45) is 2.53. The van der Waals surface area contributed by atoms with Gasteiger partial charge in [0.25, 0.3) is 5.91 Å². The van der Waals surface area contributed by atoms with Crippen LogP contribution in [-0.2, 0) is 6.42 Å². The van der Waals surface area contributed by atoms with Crippen LogP contribution in [0.3, 0.4) is 0 Å². The number of hydrogen-bond donors (Lipinski definition) is 1. The maximum absolute atomic E-state index is 12.7. The van der Waals surface area contributed by atoms with Gasteiger partial charge in [0.15, 0.2) is 5.65 Å². The number of hydrogen-bond acceptors (Lipinski definition) is 4. The molecular weight excluding hydrogens is 326 g/mol. The van der Waals surface area contributed by atoms with Crippen LogP contribution in [0.1, 0.15) is 27.4 Å². The van der Waals surface area contributed by atoms with Gasteiger partial charge in [-0.15, -0.1) is 10.2 Å². The fourth-order valence-corrected chi connectivity index (χ4v) is 3.10. The van der Waals surface area contributed by atoms with Gasteiger partial charge in [0.1, 0.15) is 5.82 Å². The van der Waals surface area contributed by atoms with E-state index in [2.05, 4.69) is 20.5 Å². The number of benzene rings is 1. The van der Waals surface area contributed by atoms with Gasteiger partial charge >= 0.3 is 0 Å². The van der Waals surface area contributed by atoms with Crippen LogP contribution in [0.4, 0.5) is 0 Å². The van der Waals surface area contributed by atoms with E-state index >= 15 is 0 Å². The molecule has 26 heavy (non-hydrogen) atoms. The lowest BCUT2D eigenvalue weighted by atomic mass is 10.0. The lowest BCUT2D eigenvalue weighted by Crippen LogP contribution is -2.26. The molecule has 6 heteroatoms. The molecule has 130 valence electrons. The molecule has 1 N–H and O–H groups in total. The minimum Gasteiger partial charge on any atom is -0.352 e. The Morgan fingerprint density at radius 1 is 1.12 bits per heavy atom. The van der Waals surface area contributed by atoms with Crippen molar-refractivity contribution in [2.75, 3.05) is 6.54 Å². The molecule has 1 aromatic carbocycles. The zero-order chi connectivity index (χ0) is 18.1. The van der Waals surface area contributed by atoms with Gasteiger partial charge in [0, 0.05) is 30.2 Å². The molecule has 0 bridgehead atoms. The Labute approximate surface area is 150 Å². The number of aromatic nitrogens is 4. The van der Waals surface area contributed by atoms with Crippen molar-refractivity contribution in [2.45, 2.75) is 20.3 Å². The lowest BCUT2D eigenvalue weighted by Gasteiger charge is -2.09. The third-order valence-corrected chi connectivity index (χ3v) is 4.36. The van der Waals surface area contributed by atoms with Gasteiger partial charge in [-0.25, -0.2) is 0 Å². The van der Waals surface area contributed by atoms with Gasteiger partial charge in [-0.05, 0) is 44.2 Å². The van der Waals surface area contributed by atoms with Crippen molar-refractivity contribution in [3.8, 4) is 0 Å². The van der Waals surface area contributed by atoms with Crippen molar-refractivity contribution in [3.63, 3.8) is 0 Å². The number of aryl methyl sites for hydroxylation is 2. The molecule has 0 unspecified atom stereocenters. The fraction of sp³-hybridized carbons (Fsp3) is 0.200. The fourth-order valence-electron chi connectivity index (χ4n) is 3.10. The highest BCUT2D eigenvalue weighted by atomic mass is 16.1. The Morgan fingerprint density at radius 3 is 2.88 bits per heavy atom.